The molecular weight excluding hydrogens is 206 g/mol. The van der Waals surface area contributed by atoms with E-state index in [1.54, 1.807) is 0 Å². The van der Waals surface area contributed by atoms with Gasteiger partial charge in [0.05, 0.1) is 6.10 Å². The molecule has 86 valence electrons. The third-order valence-electron chi connectivity index (χ3n) is 3.34. The van der Waals surface area contributed by atoms with Gasteiger partial charge in [0, 0.05) is 13.1 Å². The van der Waals surface area contributed by atoms with Crippen LogP contribution < -0.4 is 9.47 Å². The highest BCUT2D eigenvalue weighted by atomic mass is 16.7. The van der Waals surface area contributed by atoms with Crippen molar-refractivity contribution < 1.29 is 14.6 Å². The van der Waals surface area contributed by atoms with Crippen molar-refractivity contribution in [2.45, 2.75) is 19.6 Å². The van der Waals surface area contributed by atoms with Gasteiger partial charge in [0.1, 0.15) is 0 Å². The first-order chi connectivity index (χ1) is 7.66. The van der Waals surface area contributed by atoms with Crippen LogP contribution in [0.5, 0.6) is 11.5 Å². The van der Waals surface area contributed by atoms with Gasteiger partial charge in [-0.25, -0.2) is 0 Å². The summed E-state index contributed by atoms with van der Waals surface area (Å²) in [6.45, 7) is 3.84. The minimum absolute atomic E-state index is 0.283. The molecule has 1 atom stereocenters. The molecule has 1 N–H and O–H groups in total. The van der Waals surface area contributed by atoms with E-state index in [1.165, 1.54) is 5.56 Å². The molecule has 1 aromatic carbocycles. The standard InChI is InChI=1S/C12H15NO3/c1-7-9-4-13(2)5-10(14)8(9)3-11-12(7)16-6-15-11/h3,10,14H,4-6H2,1-2H3/t10-/m0/s1. The predicted octanol–water partition coefficient (Wildman–Crippen LogP) is 1.20. The van der Waals surface area contributed by atoms with Gasteiger partial charge in [0.15, 0.2) is 11.5 Å². The monoisotopic (exact) mass is 221 g/mol. The molecule has 2 aliphatic heterocycles. The molecule has 0 radical (unpaired) electrons. The van der Waals surface area contributed by atoms with E-state index in [4.69, 9.17) is 9.47 Å². The number of benzene rings is 1. The molecule has 0 spiro atoms. The Bertz CT molecular complexity index is 444. The molecule has 0 saturated heterocycles. The van der Waals surface area contributed by atoms with Gasteiger partial charge in [0.25, 0.3) is 0 Å². The second kappa shape index (κ2) is 3.37. The van der Waals surface area contributed by atoms with Crippen LogP contribution in [0, 0.1) is 6.92 Å². The second-order valence-corrected chi connectivity index (χ2v) is 4.52. The van der Waals surface area contributed by atoms with Gasteiger partial charge in [-0.05, 0) is 36.7 Å². The summed E-state index contributed by atoms with van der Waals surface area (Å²) < 4.78 is 10.8. The van der Waals surface area contributed by atoms with Crippen LogP contribution in [0.4, 0.5) is 0 Å². The van der Waals surface area contributed by atoms with Crippen molar-refractivity contribution in [2.75, 3.05) is 20.4 Å². The van der Waals surface area contributed by atoms with E-state index in [9.17, 15) is 5.11 Å². The molecule has 2 heterocycles. The maximum atomic E-state index is 10.0. The SMILES string of the molecule is Cc1c2c(cc3c1OCO3)[C@@H](O)CN(C)C2. The van der Waals surface area contributed by atoms with Crippen LogP contribution in [-0.2, 0) is 6.54 Å². The molecular formula is C12H15NO3. The van der Waals surface area contributed by atoms with Gasteiger partial charge in [-0.2, -0.15) is 0 Å². The number of hydrogen-bond donors (Lipinski definition) is 1. The van der Waals surface area contributed by atoms with E-state index < -0.39 is 6.10 Å². The van der Waals surface area contributed by atoms with Crippen molar-refractivity contribution in [1.29, 1.82) is 0 Å². The number of β-amino-alcohol motifs (C(OH)–C–C–N with tert-alkyl or cyclic N) is 1. The summed E-state index contributed by atoms with van der Waals surface area (Å²) in [5.41, 5.74) is 3.25. The summed E-state index contributed by atoms with van der Waals surface area (Å²) in [6, 6.07) is 1.92. The van der Waals surface area contributed by atoms with E-state index in [-0.39, 0.29) is 6.79 Å². The summed E-state index contributed by atoms with van der Waals surface area (Å²) >= 11 is 0. The summed E-state index contributed by atoms with van der Waals surface area (Å²) in [4.78, 5) is 2.11. The summed E-state index contributed by atoms with van der Waals surface area (Å²) in [5.74, 6) is 1.60. The minimum atomic E-state index is -0.429. The molecule has 0 aliphatic carbocycles. The molecule has 4 nitrogen and oxygen atoms in total. The van der Waals surface area contributed by atoms with Crippen molar-refractivity contribution in [1.82, 2.24) is 4.90 Å². The molecule has 4 heteroatoms. The van der Waals surface area contributed by atoms with Crippen LogP contribution in [-0.4, -0.2) is 30.4 Å². The third-order valence-corrected chi connectivity index (χ3v) is 3.34. The quantitative estimate of drug-likeness (QED) is 0.715. The lowest BCUT2D eigenvalue weighted by Crippen LogP contribution is -2.30. The average molecular weight is 221 g/mol. The van der Waals surface area contributed by atoms with E-state index in [1.807, 2.05) is 20.0 Å². The summed E-state index contributed by atoms with van der Waals surface area (Å²) in [5, 5.41) is 10.0. The lowest BCUT2D eigenvalue weighted by atomic mass is 9.93. The minimum Gasteiger partial charge on any atom is -0.454 e. The van der Waals surface area contributed by atoms with Crippen molar-refractivity contribution in [3.05, 3.63) is 22.8 Å². The molecule has 0 aromatic heterocycles. The van der Waals surface area contributed by atoms with Gasteiger partial charge >= 0.3 is 0 Å². The topological polar surface area (TPSA) is 41.9 Å². The Kier molecular flexibility index (Phi) is 2.09. The molecule has 0 fully saturated rings. The zero-order valence-electron chi connectivity index (χ0n) is 9.49. The molecule has 0 amide bonds. The molecule has 3 rings (SSSR count). The molecule has 1 aromatic rings. The van der Waals surface area contributed by atoms with E-state index >= 15 is 0 Å². The number of aliphatic hydroxyl groups is 1. The zero-order chi connectivity index (χ0) is 11.3. The number of hydrogen-bond acceptors (Lipinski definition) is 4. The fourth-order valence-corrected chi connectivity index (χ4v) is 2.51. The normalized spacial score (nSPS) is 23.3. The third kappa shape index (κ3) is 1.30. The second-order valence-electron chi connectivity index (χ2n) is 4.52. The predicted molar refractivity (Wildman–Crippen MR) is 58.6 cm³/mol. The first-order valence-corrected chi connectivity index (χ1v) is 5.45. The number of rotatable bonds is 0. The average Bonchev–Trinajstić information content (AvgIpc) is 2.68. The summed E-state index contributed by atoms with van der Waals surface area (Å²) in [6.07, 6.45) is -0.429. The Morgan fingerprint density at radius 3 is 3.06 bits per heavy atom. The Morgan fingerprint density at radius 2 is 2.25 bits per heavy atom. The molecule has 16 heavy (non-hydrogen) atoms. The van der Waals surface area contributed by atoms with Gasteiger partial charge in [-0.15, -0.1) is 0 Å². The fraction of sp³-hybridized carbons (Fsp3) is 0.500. The smallest absolute Gasteiger partial charge is 0.231 e. The van der Waals surface area contributed by atoms with Gasteiger partial charge in [0.2, 0.25) is 6.79 Å². The number of nitrogens with zero attached hydrogens (tertiary/aromatic N) is 1. The maximum absolute atomic E-state index is 10.0. The van der Waals surface area contributed by atoms with Gasteiger partial charge in [-0.3, -0.25) is 4.90 Å². The maximum Gasteiger partial charge on any atom is 0.231 e. The van der Waals surface area contributed by atoms with Crippen LogP contribution in [0.3, 0.4) is 0 Å². The highest BCUT2D eigenvalue weighted by Crippen LogP contribution is 2.42. The highest BCUT2D eigenvalue weighted by molar-refractivity contribution is 5.56. The Morgan fingerprint density at radius 1 is 1.44 bits per heavy atom. The Hall–Kier alpha value is -1.26. The summed E-state index contributed by atoms with van der Waals surface area (Å²) in [7, 11) is 2.01. The van der Waals surface area contributed by atoms with Crippen LogP contribution in [0.15, 0.2) is 6.07 Å². The highest BCUT2D eigenvalue weighted by Gasteiger charge is 2.28. The molecule has 0 unspecified atom stereocenters. The lowest BCUT2D eigenvalue weighted by Gasteiger charge is -2.30. The zero-order valence-corrected chi connectivity index (χ0v) is 9.49. The molecule has 2 aliphatic rings. The van der Waals surface area contributed by atoms with E-state index in [0.29, 0.717) is 6.54 Å². The van der Waals surface area contributed by atoms with E-state index in [0.717, 1.165) is 29.2 Å². The van der Waals surface area contributed by atoms with Crippen LogP contribution in [0.1, 0.15) is 22.8 Å². The first kappa shape index (κ1) is 9.93. The van der Waals surface area contributed by atoms with Gasteiger partial charge < -0.3 is 14.6 Å². The van der Waals surface area contributed by atoms with Gasteiger partial charge in [-0.1, -0.05) is 0 Å². The number of likely N-dealkylation sites (N-methyl/N-ethyl adjacent to an activating group) is 1. The first-order valence-electron chi connectivity index (χ1n) is 5.45. The van der Waals surface area contributed by atoms with Crippen molar-refractivity contribution in [2.24, 2.45) is 0 Å². The molecule has 0 saturated carbocycles. The Labute approximate surface area is 94.4 Å². The largest absolute Gasteiger partial charge is 0.454 e. The number of fused-ring (bicyclic) bond motifs is 2. The van der Waals surface area contributed by atoms with Crippen molar-refractivity contribution >= 4 is 0 Å². The molecule has 0 bridgehead atoms. The van der Waals surface area contributed by atoms with Crippen molar-refractivity contribution in [3.63, 3.8) is 0 Å². The fourth-order valence-electron chi connectivity index (χ4n) is 2.51. The van der Waals surface area contributed by atoms with Crippen LogP contribution >= 0.6 is 0 Å². The Balaban J connectivity index is 2.18. The van der Waals surface area contributed by atoms with E-state index in [2.05, 4.69) is 4.90 Å². The van der Waals surface area contributed by atoms with Crippen LogP contribution in [0.25, 0.3) is 0 Å². The van der Waals surface area contributed by atoms with Crippen LogP contribution in [0.2, 0.25) is 0 Å². The number of aliphatic hydroxyl groups excluding tert-OH is 1. The lowest BCUT2D eigenvalue weighted by molar-refractivity contribution is 0.107. The number of ether oxygens (including phenoxy) is 2. The van der Waals surface area contributed by atoms with Crippen molar-refractivity contribution in [3.8, 4) is 11.5 Å².